The van der Waals surface area contributed by atoms with Gasteiger partial charge in [-0.1, -0.05) is 23.4 Å². The van der Waals surface area contributed by atoms with E-state index in [1.54, 1.807) is 31.9 Å². The molecule has 2 aromatic rings. The second kappa shape index (κ2) is 6.18. The van der Waals surface area contributed by atoms with E-state index in [2.05, 4.69) is 10.3 Å². The van der Waals surface area contributed by atoms with Gasteiger partial charge in [-0.15, -0.1) is 5.10 Å². The van der Waals surface area contributed by atoms with Gasteiger partial charge in [0.1, 0.15) is 24.1 Å². The quantitative estimate of drug-likeness (QED) is 0.829. The highest BCUT2D eigenvalue weighted by molar-refractivity contribution is 5.79. The molecule has 1 atom stereocenters. The average Bonchev–Trinajstić information content (AvgIpc) is 2.93. The van der Waals surface area contributed by atoms with Gasteiger partial charge in [0.25, 0.3) is 0 Å². The average molecular weight is 274 g/mol. The molecule has 6 nitrogen and oxygen atoms in total. The molecule has 1 aromatic carbocycles. The van der Waals surface area contributed by atoms with Crippen LogP contribution in [0.4, 0.5) is 0 Å². The number of nitrogens with zero attached hydrogens (tertiary/aromatic N) is 4. The SMILES string of the molecule is C[C@@H](C(=O)N(C)C)n1cc(COc2ccccc2)nn1. The summed E-state index contributed by atoms with van der Waals surface area (Å²) in [5.41, 5.74) is 0.687. The molecule has 0 saturated carbocycles. The standard InChI is InChI=1S/C14H18N4O2/c1-11(14(19)17(2)3)18-9-12(15-16-18)10-20-13-7-5-4-6-8-13/h4-9,11H,10H2,1-3H3/t11-/m0/s1. The molecule has 20 heavy (non-hydrogen) atoms. The van der Waals surface area contributed by atoms with Crippen LogP contribution >= 0.6 is 0 Å². The van der Waals surface area contributed by atoms with Crippen LogP contribution in [0.3, 0.4) is 0 Å². The molecule has 0 fully saturated rings. The Hall–Kier alpha value is -2.37. The van der Waals surface area contributed by atoms with Crippen molar-refractivity contribution in [1.82, 2.24) is 19.9 Å². The summed E-state index contributed by atoms with van der Waals surface area (Å²) < 4.78 is 7.13. The van der Waals surface area contributed by atoms with E-state index in [9.17, 15) is 4.79 Å². The number of carbonyl (C=O) groups is 1. The first kappa shape index (κ1) is 14.0. The third-order valence-electron chi connectivity index (χ3n) is 2.88. The Balaban J connectivity index is 1.97. The van der Waals surface area contributed by atoms with E-state index in [4.69, 9.17) is 4.74 Å². The highest BCUT2D eigenvalue weighted by Gasteiger charge is 2.18. The van der Waals surface area contributed by atoms with E-state index in [1.165, 1.54) is 4.90 Å². The van der Waals surface area contributed by atoms with Gasteiger partial charge in [-0.05, 0) is 19.1 Å². The molecule has 0 saturated heterocycles. The summed E-state index contributed by atoms with van der Waals surface area (Å²) in [6.07, 6.45) is 1.73. The molecule has 0 unspecified atom stereocenters. The van der Waals surface area contributed by atoms with Crippen LogP contribution in [0.15, 0.2) is 36.5 Å². The van der Waals surface area contributed by atoms with Gasteiger partial charge in [0.05, 0.1) is 6.20 Å². The van der Waals surface area contributed by atoms with Crippen molar-refractivity contribution >= 4 is 5.91 Å². The summed E-state index contributed by atoms with van der Waals surface area (Å²) >= 11 is 0. The lowest BCUT2D eigenvalue weighted by molar-refractivity contribution is -0.132. The summed E-state index contributed by atoms with van der Waals surface area (Å²) in [6, 6.07) is 9.12. The first-order valence-electron chi connectivity index (χ1n) is 6.37. The molecule has 106 valence electrons. The van der Waals surface area contributed by atoms with Crippen molar-refractivity contribution in [3.05, 3.63) is 42.2 Å². The minimum absolute atomic E-state index is 0.0228. The number of para-hydroxylation sites is 1. The highest BCUT2D eigenvalue weighted by atomic mass is 16.5. The molecule has 0 radical (unpaired) electrons. The molecular formula is C14H18N4O2. The molecule has 0 aliphatic rings. The Bertz CT molecular complexity index is 566. The fourth-order valence-corrected chi connectivity index (χ4v) is 1.73. The van der Waals surface area contributed by atoms with Gasteiger partial charge < -0.3 is 9.64 Å². The number of rotatable bonds is 5. The number of likely N-dealkylation sites (N-methyl/N-ethyl adjacent to an activating group) is 1. The second-order valence-electron chi connectivity index (χ2n) is 4.70. The van der Waals surface area contributed by atoms with Crippen molar-refractivity contribution in [1.29, 1.82) is 0 Å². The zero-order valence-electron chi connectivity index (χ0n) is 11.9. The smallest absolute Gasteiger partial charge is 0.246 e. The zero-order chi connectivity index (χ0) is 14.5. The Kier molecular flexibility index (Phi) is 4.34. The maximum Gasteiger partial charge on any atom is 0.246 e. The van der Waals surface area contributed by atoms with Crippen molar-refractivity contribution in [2.45, 2.75) is 19.6 Å². The van der Waals surface area contributed by atoms with Crippen LogP contribution in [0.5, 0.6) is 5.75 Å². The molecule has 1 amide bonds. The van der Waals surface area contributed by atoms with E-state index in [1.807, 2.05) is 30.3 Å². The minimum atomic E-state index is -0.372. The Morgan fingerprint density at radius 2 is 2.05 bits per heavy atom. The van der Waals surface area contributed by atoms with Crippen molar-refractivity contribution < 1.29 is 9.53 Å². The summed E-state index contributed by atoms with van der Waals surface area (Å²) in [5.74, 6) is 0.755. The van der Waals surface area contributed by atoms with Crippen LogP contribution in [0.1, 0.15) is 18.7 Å². The Morgan fingerprint density at radius 1 is 1.35 bits per heavy atom. The lowest BCUT2D eigenvalue weighted by atomic mass is 10.3. The van der Waals surface area contributed by atoms with Gasteiger partial charge in [0.2, 0.25) is 5.91 Å². The first-order chi connectivity index (χ1) is 9.58. The third kappa shape index (κ3) is 3.34. The predicted molar refractivity (Wildman–Crippen MR) is 74.2 cm³/mol. The minimum Gasteiger partial charge on any atom is -0.487 e. The van der Waals surface area contributed by atoms with E-state index < -0.39 is 0 Å². The molecule has 0 bridgehead atoms. The number of carbonyl (C=O) groups excluding carboxylic acids is 1. The van der Waals surface area contributed by atoms with Crippen LogP contribution in [0.25, 0.3) is 0 Å². The van der Waals surface area contributed by atoms with Crippen LogP contribution in [0.2, 0.25) is 0 Å². The number of benzene rings is 1. The fourth-order valence-electron chi connectivity index (χ4n) is 1.73. The van der Waals surface area contributed by atoms with Gasteiger partial charge in [0, 0.05) is 14.1 Å². The molecule has 6 heteroatoms. The van der Waals surface area contributed by atoms with Crippen LogP contribution in [-0.2, 0) is 11.4 Å². The van der Waals surface area contributed by atoms with E-state index in [-0.39, 0.29) is 11.9 Å². The van der Waals surface area contributed by atoms with Crippen molar-refractivity contribution in [2.24, 2.45) is 0 Å². The monoisotopic (exact) mass is 274 g/mol. The van der Waals surface area contributed by atoms with Gasteiger partial charge >= 0.3 is 0 Å². The number of aromatic nitrogens is 3. The predicted octanol–water partition coefficient (Wildman–Crippen LogP) is 1.51. The molecule has 1 aromatic heterocycles. The summed E-state index contributed by atoms with van der Waals surface area (Å²) in [6.45, 7) is 2.12. The molecule has 0 aliphatic heterocycles. The number of hydrogen-bond donors (Lipinski definition) is 0. The molecule has 0 aliphatic carbocycles. The van der Waals surface area contributed by atoms with E-state index in [0.29, 0.717) is 12.3 Å². The maximum atomic E-state index is 11.8. The van der Waals surface area contributed by atoms with Crippen LogP contribution < -0.4 is 4.74 Å². The van der Waals surface area contributed by atoms with E-state index >= 15 is 0 Å². The molecule has 0 spiro atoms. The number of amides is 1. The number of ether oxygens (including phenoxy) is 1. The summed E-state index contributed by atoms with van der Waals surface area (Å²) in [5, 5.41) is 7.98. The fraction of sp³-hybridized carbons (Fsp3) is 0.357. The van der Waals surface area contributed by atoms with Gasteiger partial charge in [-0.3, -0.25) is 4.79 Å². The topological polar surface area (TPSA) is 60.2 Å². The Labute approximate surface area is 118 Å². The Morgan fingerprint density at radius 3 is 2.70 bits per heavy atom. The first-order valence-corrected chi connectivity index (χ1v) is 6.37. The zero-order valence-corrected chi connectivity index (χ0v) is 11.9. The lowest BCUT2D eigenvalue weighted by Gasteiger charge is -2.16. The molecule has 2 rings (SSSR count). The summed E-state index contributed by atoms with van der Waals surface area (Å²) in [4.78, 5) is 13.4. The van der Waals surface area contributed by atoms with Gasteiger partial charge in [-0.2, -0.15) is 0 Å². The van der Waals surface area contributed by atoms with Crippen LogP contribution in [0, 0.1) is 0 Å². The van der Waals surface area contributed by atoms with Crippen molar-refractivity contribution in [2.75, 3.05) is 14.1 Å². The molecule has 1 heterocycles. The number of hydrogen-bond acceptors (Lipinski definition) is 4. The largest absolute Gasteiger partial charge is 0.487 e. The van der Waals surface area contributed by atoms with Gasteiger partial charge in [0.15, 0.2) is 0 Å². The highest BCUT2D eigenvalue weighted by Crippen LogP contribution is 2.12. The lowest BCUT2D eigenvalue weighted by Crippen LogP contribution is -2.30. The van der Waals surface area contributed by atoms with Crippen molar-refractivity contribution in [3.8, 4) is 5.75 Å². The molecular weight excluding hydrogens is 256 g/mol. The molecule has 0 N–H and O–H groups in total. The second-order valence-corrected chi connectivity index (χ2v) is 4.70. The van der Waals surface area contributed by atoms with Crippen LogP contribution in [-0.4, -0.2) is 39.9 Å². The summed E-state index contributed by atoms with van der Waals surface area (Å²) in [7, 11) is 3.43. The maximum absolute atomic E-state index is 11.8. The van der Waals surface area contributed by atoms with Gasteiger partial charge in [-0.25, -0.2) is 4.68 Å². The third-order valence-corrected chi connectivity index (χ3v) is 2.88. The van der Waals surface area contributed by atoms with E-state index in [0.717, 1.165) is 5.75 Å². The van der Waals surface area contributed by atoms with Crippen molar-refractivity contribution in [3.63, 3.8) is 0 Å². The normalized spacial score (nSPS) is 11.9.